The number of hydrogen-bond acceptors (Lipinski definition) is 4. The largest absolute Gasteiger partial charge is 0.491 e. The van der Waals surface area contributed by atoms with Gasteiger partial charge in [-0.3, -0.25) is 9.10 Å². The SMILES string of the molecule is Cc1cc(Cl)ccc1N(CC(=O)NCc1cccc(OC(C)C)c1)S(=O)(=O)c1ccccc1. The van der Waals surface area contributed by atoms with Crippen molar-refractivity contribution in [1.29, 1.82) is 0 Å². The number of benzene rings is 3. The lowest BCUT2D eigenvalue weighted by atomic mass is 10.2. The van der Waals surface area contributed by atoms with Crippen LogP contribution in [0.4, 0.5) is 5.69 Å². The Labute approximate surface area is 200 Å². The first kappa shape index (κ1) is 24.6. The predicted octanol–water partition coefficient (Wildman–Crippen LogP) is 4.95. The smallest absolute Gasteiger partial charge is 0.264 e. The summed E-state index contributed by atoms with van der Waals surface area (Å²) in [5, 5.41) is 3.29. The Hall–Kier alpha value is -3.03. The highest BCUT2D eigenvalue weighted by Gasteiger charge is 2.28. The van der Waals surface area contributed by atoms with E-state index in [4.69, 9.17) is 16.3 Å². The number of aryl methyl sites for hydroxylation is 1. The molecule has 3 aromatic rings. The van der Waals surface area contributed by atoms with Gasteiger partial charge < -0.3 is 10.1 Å². The zero-order valence-corrected chi connectivity index (χ0v) is 20.4. The van der Waals surface area contributed by atoms with Crippen LogP contribution in [-0.4, -0.2) is 27.0 Å². The lowest BCUT2D eigenvalue weighted by Crippen LogP contribution is -2.41. The number of anilines is 1. The summed E-state index contributed by atoms with van der Waals surface area (Å²) in [6.45, 7) is 5.51. The van der Waals surface area contributed by atoms with E-state index in [0.29, 0.717) is 22.0 Å². The molecule has 0 bridgehead atoms. The lowest BCUT2D eigenvalue weighted by Gasteiger charge is -2.25. The van der Waals surface area contributed by atoms with Crippen molar-refractivity contribution in [3.63, 3.8) is 0 Å². The Morgan fingerprint density at radius 3 is 2.42 bits per heavy atom. The highest BCUT2D eigenvalue weighted by atomic mass is 35.5. The quantitative estimate of drug-likeness (QED) is 0.464. The van der Waals surface area contributed by atoms with E-state index >= 15 is 0 Å². The Morgan fingerprint density at radius 2 is 1.76 bits per heavy atom. The Kier molecular flexibility index (Phi) is 8.00. The van der Waals surface area contributed by atoms with Gasteiger partial charge in [0, 0.05) is 11.6 Å². The summed E-state index contributed by atoms with van der Waals surface area (Å²) in [5.74, 6) is 0.279. The average molecular weight is 487 g/mol. The molecule has 0 saturated carbocycles. The number of sulfonamides is 1. The molecular formula is C25H27ClN2O4S. The molecular weight excluding hydrogens is 460 g/mol. The lowest BCUT2D eigenvalue weighted by molar-refractivity contribution is -0.119. The molecule has 3 aromatic carbocycles. The molecule has 0 radical (unpaired) electrons. The van der Waals surface area contributed by atoms with E-state index in [0.717, 1.165) is 9.87 Å². The molecule has 174 valence electrons. The van der Waals surface area contributed by atoms with Gasteiger partial charge in [-0.1, -0.05) is 41.9 Å². The van der Waals surface area contributed by atoms with Crippen molar-refractivity contribution in [3.8, 4) is 5.75 Å². The van der Waals surface area contributed by atoms with Crippen LogP contribution in [-0.2, 0) is 21.4 Å². The van der Waals surface area contributed by atoms with E-state index in [1.54, 1.807) is 43.3 Å². The van der Waals surface area contributed by atoms with Gasteiger partial charge in [0.05, 0.1) is 16.7 Å². The zero-order valence-electron chi connectivity index (χ0n) is 18.8. The number of rotatable bonds is 9. The standard InChI is InChI=1S/C25H27ClN2O4S/c1-18(2)32-22-9-7-8-20(15-22)16-27-25(29)17-28(24-13-12-21(26)14-19(24)3)33(30,31)23-10-5-4-6-11-23/h4-15,18H,16-17H2,1-3H3,(H,27,29). The number of halogens is 1. The fourth-order valence-electron chi connectivity index (χ4n) is 3.31. The van der Waals surface area contributed by atoms with Gasteiger partial charge >= 0.3 is 0 Å². The minimum absolute atomic E-state index is 0.0363. The van der Waals surface area contributed by atoms with Gasteiger partial charge in [-0.25, -0.2) is 8.42 Å². The molecule has 3 rings (SSSR count). The molecule has 0 aliphatic rings. The van der Waals surface area contributed by atoms with Crippen LogP contribution in [0.15, 0.2) is 77.7 Å². The third kappa shape index (κ3) is 6.49. The van der Waals surface area contributed by atoms with Crippen molar-refractivity contribution in [3.05, 3.63) is 88.9 Å². The summed E-state index contributed by atoms with van der Waals surface area (Å²) in [5.41, 5.74) is 1.89. The van der Waals surface area contributed by atoms with Crippen molar-refractivity contribution < 1.29 is 17.9 Å². The van der Waals surface area contributed by atoms with Gasteiger partial charge in [-0.05, 0) is 74.4 Å². The third-order valence-corrected chi connectivity index (χ3v) is 6.81. The highest BCUT2D eigenvalue weighted by molar-refractivity contribution is 7.92. The number of carbonyl (C=O) groups is 1. The van der Waals surface area contributed by atoms with E-state index in [1.165, 1.54) is 12.1 Å². The van der Waals surface area contributed by atoms with Crippen molar-refractivity contribution >= 4 is 33.2 Å². The molecule has 0 spiro atoms. The first-order valence-electron chi connectivity index (χ1n) is 10.5. The van der Waals surface area contributed by atoms with Crippen LogP contribution in [0.25, 0.3) is 0 Å². The van der Waals surface area contributed by atoms with Crippen molar-refractivity contribution in [1.82, 2.24) is 5.32 Å². The van der Waals surface area contributed by atoms with Gasteiger partial charge in [0.15, 0.2) is 0 Å². The molecule has 6 nitrogen and oxygen atoms in total. The predicted molar refractivity (Wildman–Crippen MR) is 131 cm³/mol. The van der Waals surface area contributed by atoms with E-state index < -0.39 is 15.9 Å². The Bertz CT molecular complexity index is 1210. The van der Waals surface area contributed by atoms with Crippen molar-refractivity contribution in [2.24, 2.45) is 0 Å². The molecule has 0 aliphatic carbocycles. The Morgan fingerprint density at radius 1 is 1.03 bits per heavy atom. The molecule has 0 aliphatic heterocycles. The van der Waals surface area contributed by atoms with Crippen LogP contribution in [0.3, 0.4) is 0 Å². The van der Waals surface area contributed by atoms with Gasteiger partial charge in [0.1, 0.15) is 12.3 Å². The van der Waals surface area contributed by atoms with Crippen LogP contribution >= 0.6 is 11.6 Å². The van der Waals surface area contributed by atoms with Gasteiger partial charge in [0.25, 0.3) is 10.0 Å². The second-order valence-electron chi connectivity index (χ2n) is 7.85. The van der Waals surface area contributed by atoms with Crippen LogP contribution in [0.5, 0.6) is 5.75 Å². The van der Waals surface area contributed by atoms with E-state index in [-0.39, 0.29) is 24.1 Å². The molecule has 0 aromatic heterocycles. The minimum Gasteiger partial charge on any atom is -0.491 e. The maximum Gasteiger partial charge on any atom is 0.264 e. The number of carbonyl (C=O) groups excluding carboxylic acids is 1. The second-order valence-corrected chi connectivity index (χ2v) is 10.1. The molecule has 0 saturated heterocycles. The summed E-state index contributed by atoms with van der Waals surface area (Å²) in [6.07, 6.45) is 0.0363. The normalized spacial score (nSPS) is 11.3. The second kappa shape index (κ2) is 10.7. The number of ether oxygens (including phenoxy) is 1. The number of hydrogen-bond donors (Lipinski definition) is 1. The van der Waals surface area contributed by atoms with Crippen molar-refractivity contribution in [2.75, 3.05) is 10.8 Å². The maximum absolute atomic E-state index is 13.4. The van der Waals surface area contributed by atoms with Crippen LogP contribution < -0.4 is 14.4 Å². The maximum atomic E-state index is 13.4. The first-order valence-corrected chi connectivity index (χ1v) is 12.3. The number of nitrogens with zero attached hydrogens (tertiary/aromatic N) is 1. The van der Waals surface area contributed by atoms with Crippen LogP contribution in [0, 0.1) is 6.92 Å². The van der Waals surface area contributed by atoms with Gasteiger partial charge in [-0.2, -0.15) is 0 Å². The summed E-state index contributed by atoms with van der Waals surface area (Å²) >= 11 is 6.06. The minimum atomic E-state index is -3.98. The fourth-order valence-corrected chi connectivity index (χ4v) is 5.04. The molecule has 0 heterocycles. The monoisotopic (exact) mass is 486 g/mol. The molecule has 0 unspecified atom stereocenters. The van der Waals surface area contributed by atoms with E-state index in [1.807, 2.05) is 38.1 Å². The topological polar surface area (TPSA) is 75.7 Å². The van der Waals surface area contributed by atoms with Gasteiger partial charge in [0.2, 0.25) is 5.91 Å². The summed E-state index contributed by atoms with van der Waals surface area (Å²) < 4.78 is 33.6. The van der Waals surface area contributed by atoms with Gasteiger partial charge in [-0.15, -0.1) is 0 Å². The number of nitrogens with one attached hydrogen (secondary N) is 1. The highest BCUT2D eigenvalue weighted by Crippen LogP contribution is 2.28. The molecule has 1 amide bonds. The fraction of sp³-hybridized carbons (Fsp3) is 0.240. The molecule has 33 heavy (non-hydrogen) atoms. The van der Waals surface area contributed by atoms with E-state index in [2.05, 4.69) is 5.32 Å². The summed E-state index contributed by atoms with van der Waals surface area (Å²) in [7, 11) is -3.98. The van der Waals surface area contributed by atoms with Crippen LogP contribution in [0.1, 0.15) is 25.0 Å². The summed E-state index contributed by atoms with van der Waals surface area (Å²) in [6, 6.07) is 20.3. The van der Waals surface area contributed by atoms with E-state index in [9.17, 15) is 13.2 Å². The number of amides is 1. The molecule has 0 atom stereocenters. The zero-order chi connectivity index (χ0) is 24.0. The van der Waals surface area contributed by atoms with Crippen molar-refractivity contribution in [2.45, 2.75) is 38.3 Å². The molecule has 1 N–H and O–H groups in total. The molecule has 0 fully saturated rings. The average Bonchev–Trinajstić information content (AvgIpc) is 2.77. The Balaban J connectivity index is 1.82. The summed E-state index contributed by atoms with van der Waals surface area (Å²) in [4.78, 5) is 12.9. The first-order chi connectivity index (χ1) is 15.7. The third-order valence-electron chi connectivity index (χ3n) is 4.81. The molecule has 8 heteroatoms. The van der Waals surface area contributed by atoms with Crippen LogP contribution in [0.2, 0.25) is 5.02 Å².